The highest BCUT2D eigenvalue weighted by Crippen LogP contribution is 2.15. The summed E-state index contributed by atoms with van der Waals surface area (Å²) in [6, 6.07) is 6.31. The molecular formula is C10H12IO. The van der Waals surface area contributed by atoms with Crippen LogP contribution in [0, 0.1) is 16.9 Å². The van der Waals surface area contributed by atoms with E-state index in [1.165, 1.54) is 14.7 Å². The minimum atomic E-state index is 0.227. The van der Waals surface area contributed by atoms with Crippen LogP contribution in [-0.4, -0.2) is 11.7 Å². The van der Waals surface area contributed by atoms with Crippen molar-refractivity contribution in [2.75, 3.05) is 6.61 Å². The molecule has 2 heteroatoms. The van der Waals surface area contributed by atoms with Crippen LogP contribution in [0.15, 0.2) is 18.2 Å². The lowest BCUT2D eigenvalue weighted by Crippen LogP contribution is -1.88. The zero-order valence-corrected chi connectivity index (χ0v) is 9.21. The van der Waals surface area contributed by atoms with Gasteiger partial charge >= 0.3 is 0 Å². The van der Waals surface area contributed by atoms with E-state index in [1.54, 1.807) is 0 Å². The van der Waals surface area contributed by atoms with Gasteiger partial charge in [-0.3, -0.25) is 0 Å². The fraction of sp³-hybridized carbons (Fsp3) is 0.300. The van der Waals surface area contributed by atoms with E-state index in [0.717, 1.165) is 6.42 Å². The average Bonchev–Trinajstić information content (AvgIpc) is 2.07. The van der Waals surface area contributed by atoms with E-state index in [0.29, 0.717) is 0 Å². The van der Waals surface area contributed by atoms with E-state index in [2.05, 4.69) is 47.7 Å². The SMILES string of the molecule is Cc1ccc([CH]CCO)cc1I. The summed E-state index contributed by atoms with van der Waals surface area (Å²) >= 11 is 2.32. The lowest BCUT2D eigenvalue weighted by Gasteiger charge is -2.02. The molecule has 0 amide bonds. The van der Waals surface area contributed by atoms with Gasteiger partial charge in [-0.15, -0.1) is 0 Å². The predicted octanol–water partition coefficient (Wildman–Crippen LogP) is 2.53. The van der Waals surface area contributed by atoms with Crippen molar-refractivity contribution >= 4 is 22.6 Å². The van der Waals surface area contributed by atoms with Gasteiger partial charge in [0, 0.05) is 10.2 Å². The van der Waals surface area contributed by atoms with Gasteiger partial charge in [0.05, 0.1) is 0 Å². The zero-order valence-electron chi connectivity index (χ0n) is 7.05. The molecule has 65 valence electrons. The summed E-state index contributed by atoms with van der Waals surface area (Å²) < 4.78 is 1.28. The minimum absolute atomic E-state index is 0.227. The number of hydrogen-bond donors (Lipinski definition) is 1. The highest BCUT2D eigenvalue weighted by Gasteiger charge is 1.96. The molecule has 0 fully saturated rings. The van der Waals surface area contributed by atoms with E-state index >= 15 is 0 Å². The van der Waals surface area contributed by atoms with Gasteiger partial charge in [0.15, 0.2) is 0 Å². The number of aliphatic hydroxyl groups excluding tert-OH is 1. The van der Waals surface area contributed by atoms with Crippen molar-refractivity contribution < 1.29 is 5.11 Å². The van der Waals surface area contributed by atoms with E-state index in [-0.39, 0.29) is 6.61 Å². The van der Waals surface area contributed by atoms with E-state index in [4.69, 9.17) is 5.11 Å². The number of rotatable bonds is 3. The maximum atomic E-state index is 8.62. The summed E-state index contributed by atoms with van der Waals surface area (Å²) in [6.45, 7) is 2.32. The summed E-state index contributed by atoms with van der Waals surface area (Å²) in [4.78, 5) is 0. The molecule has 0 aliphatic heterocycles. The maximum Gasteiger partial charge on any atom is 0.0437 e. The largest absolute Gasteiger partial charge is 0.396 e. The molecule has 1 radical (unpaired) electrons. The van der Waals surface area contributed by atoms with Crippen LogP contribution in [0.1, 0.15) is 17.5 Å². The van der Waals surface area contributed by atoms with Gasteiger partial charge in [0.1, 0.15) is 0 Å². The Kier molecular flexibility index (Phi) is 4.01. The Bertz CT molecular complexity index is 258. The molecule has 1 rings (SSSR count). The van der Waals surface area contributed by atoms with Gasteiger partial charge < -0.3 is 5.11 Å². The molecule has 1 aromatic rings. The van der Waals surface area contributed by atoms with Gasteiger partial charge in [-0.05, 0) is 59.5 Å². The first-order valence-corrected chi connectivity index (χ1v) is 5.02. The molecule has 1 aromatic carbocycles. The molecule has 0 saturated heterocycles. The molecule has 12 heavy (non-hydrogen) atoms. The van der Waals surface area contributed by atoms with Crippen LogP contribution in [0.25, 0.3) is 0 Å². The molecular weight excluding hydrogens is 263 g/mol. The van der Waals surface area contributed by atoms with Crippen molar-refractivity contribution in [1.82, 2.24) is 0 Å². The number of hydrogen-bond acceptors (Lipinski definition) is 1. The van der Waals surface area contributed by atoms with Crippen molar-refractivity contribution in [3.8, 4) is 0 Å². The van der Waals surface area contributed by atoms with Crippen LogP contribution in [0.3, 0.4) is 0 Å². The number of aryl methyl sites for hydroxylation is 1. The smallest absolute Gasteiger partial charge is 0.0437 e. The monoisotopic (exact) mass is 275 g/mol. The van der Waals surface area contributed by atoms with Crippen LogP contribution >= 0.6 is 22.6 Å². The maximum absolute atomic E-state index is 8.62. The van der Waals surface area contributed by atoms with Crippen LogP contribution < -0.4 is 0 Å². The molecule has 0 spiro atoms. The van der Waals surface area contributed by atoms with Crippen molar-refractivity contribution in [3.63, 3.8) is 0 Å². The van der Waals surface area contributed by atoms with Gasteiger partial charge in [-0.2, -0.15) is 0 Å². The van der Waals surface area contributed by atoms with Gasteiger partial charge in [0.2, 0.25) is 0 Å². The Labute approximate surface area is 86.9 Å². The Morgan fingerprint density at radius 3 is 2.83 bits per heavy atom. The zero-order chi connectivity index (χ0) is 8.97. The molecule has 1 N–H and O–H groups in total. The van der Waals surface area contributed by atoms with Gasteiger partial charge in [0.25, 0.3) is 0 Å². The second kappa shape index (κ2) is 4.82. The molecule has 0 saturated carbocycles. The number of halogens is 1. The van der Waals surface area contributed by atoms with Crippen LogP contribution in [-0.2, 0) is 0 Å². The standard InChI is InChI=1S/C10H12IO/c1-8-4-5-9(3-2-6-12)7-10(8)11/h3-5,7,12H,2,6H2,1H3. The van der Waals surface area contributed by atoms with Gasteiger partial charge in [-0.1, -0.05) is 12.1 Å². The van der Waals surface area contributed by atoms with Crippen LogP contribution in [0.5, 0.6) is 0 Å². The van der Waals surface area contributed by atoms with Crippen molar-refractivity contribution in [1.29, 1.82) is 0 Å². The normalized spacial score (nSPS) is 10.2. The highest BCUT2D eigenvalue weighted by atomic mass is 127. The Hall–Kier alpha value is -0.0900. The molecule has 0 aliphatic carbocycles. The fourth-order valence-electron chi connectivity index (χ4n) is 0.967. The van der Waals surface area contributed by atoms with Crippen LogP contribution in [0.4, 0.5) is 0 Å². The minimum Gasteiger partial charge on any atom is -0.396 e. The predicted molar refractivity (Wildman–Crippen MR) is 59.0 cm³/mol. The van der Waals surface area contributed by atoms with Crippen molar-refractivity contribution in [2.24, 2.45) is 0 Å². The molecule has 0 heterocycles. The van der Waals surface area contributed by atoms with Crippen LogP contribution in [0.2, 0.25) is 0 Å². The molecule has 0 aromatic heterocycles. The van der Waals surface area contributed by atoms with Crippen molar-refractivity contribution in [2.45, 2.75) is 13.3 Å². The summed E-state index contributed by atoms with van der Waals surface area (Å²) in [7, 11) is 0. The molecule has 0 bridgehead atoms. The fourth-order valence-corrected chi connectivity index (χ4v) is 1.51. The topological polar surface area (TPSA) is 20.2 Å². The lowest BCUT2D eigenvalue weighted by atomic mass is 10.1. The van der Waals surface area contributed by atoms with E-state index < -0.39 is 0 Å². The molecule has 0 unspecified atom stereocenters. The second-order valence-electron chi connectivity index (χ2n) is 2.73. The summed E-state index contributed by atoms with van der Waals surface area (Å²) in [5, 5.41) is 8.62. The molecule has 1 nitrogen and oxygen atoms in total. The molecule has 0 atom stereocenters. The first-order chi connectivity index (χ1) is 5.74. The third kappa shape index (κ3) is 2.75. The first-order valence-electron chi connectivity index (χ1n) is 3.94. The van der Waals surface area contributed by atoms with Crippen molar-refractivity contribution in [3.05, 3.63) is 39.3 Å². The molecule has 0 aliphatic rings. The summed E-state index contributed by atoms with van der Waals surface area (Å²) in [6.07, 6.45) is 2.78. The van der Waals surface area contributed by atoms with Gasteiger partial charge in [-0.25, -0.2) is 0 Å². The Morgan fingerprint density at radius 2 is 2.25 bits per heavy atom. The summed E-state index contributed by atoms with van der Waals surface area (Å²) in [5.41, 5.74) is 2.50. The first kappa shape index (κ1) is 9.99. The second-order valence-corrected chi connectivity index (χ2v) is 3.89. The number of aliphatic hydroxyl groups is 1. The average molecular weight is 275 g/mol. The number of benzene rings is 1. The van der Waals surface area contributed by atoms with E-state index in [1.807, 2.05) is 6.42 Å². The summed E-state index contributed by atoms with van der Waals surface area (Å²) in [5.74, 6) is 0. The third-order valence-electron chi connectivity index (χ3n) is 1.71. The third-order valence-corrected chi connectivity index (χ3v) is 2.87. The highest BCUT2D eigenvalue weighted by molar-refractivity contribution is 14.1. The lowest BCUT2D eigenvalue weighted by molar-refractivity contribution is 0.299. The van der Waals surface area contributed by atoms with E-state index in [9.17, 15) is 0 Å². The Morgan fingerprint density at radius 1 is 1.50 bits per heavy atom. The quantitative estimate of drug-likeness (QED) is 0.840. The Balaban J connectivity index is 2.69.